The van der Waals surface area contributed by atoms with E-state index in [2.05, 4.69) is 177 Å². The number of phosphoric acid groups is 1. The van der Waals surface area contributed by atoms with E-state index < -0.39 is 26.6 Å². The van der Waals surface area contributed by atoms with Crippen molar-refractivity contribution in [2.45, 2.75) is 296 Å². The summed E-state index contributed by atoms with van der Waals surface area (Å²) in [6.07, 6.45) is 109. The molecule has 0 bridgehead atoms. The molecule has 1 amide bonds. The molecule has 90 heavy (non-hydrogen) atoms. The normalized spacial score (nSPS) is 14.6. The second-order valence-corrected chi connectivity index (χ2v) is 26.6. The summed E-state index contributed by atoms with van der Waals surface area (Å²) in [5.74, 6) is -0.248. The molecule has 0 saturated heterocycles. The minimum absolute atomic E-state index is 0.0252. The number of aliphatic hydroxyl groups excluding tert-OH is 1. The number of amides is 1. The Bertz CT molecular complexity index is 2080. The molecule has 0 aliphatic carbocycles. The Morgan fingerprint density at radius 1 is 0.400 bits per heavy atom. The van der Waals surface area contributed by atoms with Crippen molar-refractivity contribution in [2.75, 3.05) is 40.9 Å². The quantitative estimate of drug-likeness (QED) is 0.0272. The Hall–Kier alpha value is -4.14. The lowest BCUT2D eigenvalue weighted by molar-refractivity contribution is -0.870. The molecule has 512 valence electrons. The van der Waals surface area contributed by atoms with Crippen LogP contribution in [-0.2, 0) is 18.4 Å². The van der Waals surface area contributed by atoms with Gasteiger partial charge in [-0.25, -0.2) is 0 Å². The van der Waals surface area contributed by atoms with Gasteiger partial charge in [-0.2, -0.15) is 0 Å². The van der Waals surface area contributed by atoms with Crippen LogP contribution in [0.1, 0.15) is 284 Å². The second kappa shape index (κ2) is 69.2. The van der Waals surface area contributed by atoms with Crippen molar-refractivity contribution in [1.29, 1.82) is 0 Å². The van der Waals surface area contributed by atoms with Crippen LogP contribution >= 0.6 is 7.82 Å². The summed E-state index contributed by atoms with van der Waals surface area (Å²) in [5.41, 5.74) is 0. The van der Waals surface area contributed by atoms with Gasteiger partial charge < -0.3 is 28.8 Å². The zero-order valence-corrected chi connectivity index (χ0v) is 59.4. The fourth-order valence-corrected chi connectivity index (χ4v) is 10.5. The van der Waals surface area contributed by atoms with E-state index in [4.69, 9.17) is 9.05 Å². The Morgan fingerprint density at radius 3 is 1.03 bits per heavy atom. The molecule has 9 heteroatoms. The SMILES string of the molecule is CC/C=C\C/C=C\C/C=C\C/C=C\C/C=C\C/C=C\C/C=C\C/C=C\C/C=C\C/C=C\C/C=C\CCCCCC(=O)NC(COP(=O)([O-])OCC[N+](C)(C)C)C(O)/C=C/CC/C=C/CC/C=C/CCCCCCCCCCCCCCCCCCCCCCC. The number of carbonyl (C=O) groups excluding carboxylic acids is 1. The van der Waals surface area contributed by atoms with Gasteiger partial charge in [0, 0.05) is 6.42 Å². The van der Waals surface area contributed by atoms with Gasteiger partial charge in [0.25, 0.3) is 7.82 Å². The average molecular weight is 1270 g/mol. The van der Waals surface area contributed by atoms with Gasteiger partial charge in [0.1, 0.15) is 13.2 Å². The molecule has 0 aromatic carbocycles. The lowest BCUT2D eigenvalue weighted by atomic mass is 10.0. The maximum absolute atomic E-state index is 13.0. The standard InChI is InChI=1S/C81H137N2O6P/c1-6-8-10-12-14-16-18-20-22-24-26-28-30-32-34-36-38-39-40-41-42-43-45-47-49-51-53-55-57-59-61-63-65-67-69-71-73-75-81(85)82-79(78-89-90(86,87)88-77-76-83(3,4)5)80(84)74-72-70-68-66-64-62-60-58-56-54-52-50-48-46-44-37-35-33-31-29-27-25-23-21-19-17-15-13-11-9-7-2/h8,10,14,16,20,22,26,28,32,34,38-39,41-42,45,47,51,53,56-59,63-66,72,74,79-80,84H,6-7,9,11-13,15,17-19,21,23-25,27,29-31,33,35-37,40,43-44,46,48-50,52,54-55,60-62,67-71,73,75-78H2,1-5H3,(H-,82,85,86,87)/b10-8-,16-14-,22-20-,28-26-,34-32-,39-38-,42-41-,47-45-,53-51-,58-56+,59-57-,65-63-,66-64+,74-72+. The van der Waals surface area contributed by atoms with Crippen LogP contribution in [-0.4, -0.2) is 68.5 Å². The molecule has 0 fully saturated rings. The zero-order valence-electron chi connectivity index (χ0n) is 58.5. The molecule has 3 atom stereocenters. The van der Waals surface area contributed by atoms with E-state index in [0.29, 0.717) is 23.9 Å². The summed E-state index contributed by atoms with van der Waals surface area (Å²) in [7, 11) is 1.19. The molecule has 2 N–H and O–H groups in total. The van der Waals surface area contributed by atoms with Crippen molar-refractivity contribution in [2.24, 2.45) is 0 Å². The van der Waals surface area contributed by atoms with Crippen LogP contribution in [0.2, 0.25) is 0 Å². The molecule has 0 aliphatic rings. The molecule has 0 aromatic rings. The fourth-order valence-electron chi connectivity index (χ4n) is 9.78. The van der Waals surface area contributed by atoms with Crippen molar-refractivity contribution >= 4 is 13.7 Å². The van der Waals surface area contributed by atoms with Crippen LogP contribution < -0.4 is 10.2 Å². The molecule has 0 aromatic heterocycles. The molecule has 8 nitrogen and oxygen atoms in total. The van der Waals surface area contributed by atoms with Gasteiger partial charge in [0.05, 0.1) is 39.9 Å². The lowest BCUT2D eigenvalue weighted by Crippen LogP contribution is -2.45. The fraction of sp³-hybridized carbons (Fsp3) is 0.642. The number of quaternary nitrogens is 1. The molecular weight excluding hydrogens is 1130 g/mol. The number of hydrogen-bond acceptors (Lipinski definition) is 6. The summed E-state index contributed by atoms with van der Waals surface area (Å²) in [6.45, 7) is 4.48. The minimum Gasteiger partial charge on any atom is -0.756 e. The smallest absolute Gasteiger partial charge is 0.268 e. The first-order valence-corrected chi connectivity index (χ1v) is 38.0. The Morgan fingerprint density at radius 2 is 0.689 bits per heavy atom. The predicted octanol–water partition coefficient (Wildman–Crippen LogP) is 23.3. The highest BCUT2D eigenvalue weighted by atomic mass is 31.2. The number of aliphatic hydroxyl groups is 1. The van der Waals surface area contributed by atoms with E-state index in [0.717, 1.165) is 109 Å². The number of nitrogens with zero attached hydrogens (tertiary/aromatic N) is 1. The first-order chi connectivity index (χ1) is 44.0. The third-order valence-electron chi connectivity index (χ3n) is 15.4. The highest BCUT2D eigenvalue weighted by molar-refractivity contribution is 7.45. The van der Waals surface area contributed by atoms with Crippen molar-refractivity contribution < 1.29 is 32.9 Å². The highest BCUT2D eigenvalue weighted by Crippen LogP contribution is 2.38. The van der Waals surface area contributed by atoms with Crippen LogP contribution in [0, 0.1) is 0 Å². The number of carbonyl (C=O) groups is 1. The van der Waals surface area contributed by atoms with Gasteiger partial charge in [-0.3, -0.25) is 9.36 Å². The summed E-state index contributed by atoms with van der Waals surface area (Å²) in [4.78, 5) is 25.6. The molecular formula is C81H137N2O6P. The third kappa shape index (κ3) is 71.3. The summed E-state index contributed by atoms with van der Waals surface area (Å²) in [5, 5.41) is 13.9. The number of phosphoric ester groups is 1. The maximum Gasteiger partial charge on any atom is 0.268 e. The molecule has 0 radical (unpaired) electrons. The van der Waals surface area contributed by atoms with E-state index in [1.54, 1.807) is 6.08 Å². The zero-order chi connectivity index (χ0) is 65.5. The van der Waals surface area contributed by atoms with Crippen LogP contribution in [0.15, 0.2) is 170 Å². The summed E-state index contributed by atoms with van der Waals surface area (Å²) >= 11 is 0. The van der Waals surface area contributed by atoms with Crippen LogP contribution in [0.3, 0.4) is 0 Å². The van der Waals surface area contributed by atoms with Gasteiger partial charge in [-0.05, 0) is 128 Å². The van der Waals surface area contributed by atoms with Gasteiger partial charge in [0.15, 0.2) is 0 Å². The molecule has 3 unspecified atom stereocenters. The Balaban J connectivity index is 4.26. The molecule has 0 rings (SSSR count). The van der Waals surface area contributed by atoms with Crippen LogP contribution in [0.5, 0.6) is 0 Å². The van der Waals surface area contributed by atoms with Gasteiger partial charge >= 0.3 is 0 Å². The maximum atomic E-state index is 13.0. The third-order valence-corrected chi connectivity index (χ3v) is 16.4. The van der Waals surface area contributed by atoms with Gasteiger partial charge in [0.2, 0.25) is 5.91 Å². The molecule has 0 aliphatic heterocycles. The predicted molar refractivity (Wildman–Crippen MR) is 394 cm³/mol. The van der Waals surface area contributed by atoms with E-state index in [1.165, 1.54) is 141 Å². The highest BCUT2D eigenvalue weighted by Gasteiger charge is 2.23. The number of unbranched alkanes of at least 4 members (excludes halogenated alkanes) is 26. The first-order valence-electron chi connectivity index (χ1n) is 36.5. The Labute approximate surface area is 555 Å². The van der Waals surface area contributed by atoms with Crippen LogP contribution in [0.25, 0.3) is 0 Å². The van der Waals surface area contributed by atoms with E-state index >= 15 is 0 Å². The van der Waals surface area contributed by atoms with Crippen molar-refractivity contribution in [1.82, 2.24) is 5.32 Å². The number of hydrogen-bond donors (Lipinski definition) is 2. The number of rotatable bonds is 65. The average Bonchev–Trinajstić information content (AvgIpc) is 3.18. The first kappa shape index (κ1) is 85.9. The summed E-state index contributed by atoms with van der Waals surface area (Å²) in [6, 6.07) is -0.944. The molecule has 0 heterocycles. The van der Waals surface area contributed by atoms with Crippen molar-refractivity contribution in [3.05, 3.63) is 170 Å². The van der Waals surface area contributed by atoms with Crippen molar-refractivity contribution in [3.8, 4) is 0 Å². The second-order valence-electron chi connectivity index (χ2n) is 25.2. The van der Waals surface area contributed by atoms with Crippen molar-refractivity contribution in [3.63, 3.8) is 0 Å². The van der Waals surface area contributed by atoms with Gasteiger partial charge in [-0.1, -0.05) is 319 Å². The minimum atomic E-state index is -4.64. The van der Waals surface area contributed by atoms with E-state index in [9.17, 15) is 19.4 Å². The van der Waals surface area contributed by atoms with E-state index in [1.807, 2.05) is 27.2 Å². The summed E-state index contributed by atoms with van der Waals surface area (Å²) < 4.78 is 23.4. The topological polar surface area (TPSA) is 108 Å². The number of allylic oxidation sites excluding steroid dienone is 27. The van der Waals surface area contributed by atoms with E-state index in [-0.39, 0.29) is 18.9 Å². The van der Waals surface area contributed by atoms with Gasteiger partial charge in [-0.15, -0.1) is 0 Å². The lowest BCUT2D eigenvalue weighted by Gasteiger charge is -2.29. The Kier molecular flexibility index (Phi) is 66.0. The molecule has 0 saturated carbocycles. The monoisotopic (exact) mass is 1270 g/mol. The van der Waals surface area contributed by atoms with Crippen LogP contribution in [0.4, 0.5) is 0 Å². The molecule has 0 spiro atoms. The number of likely N-dealkylation sites (N-methyl/N-ethyl adjacent to an activating group) is 1. The number of nitrogens with one attached hydrogen (secondary N) is 1. The largest absolute Gasteiger partial charge is 0.756 e.